The number of benzene rings is 2. The van der Waals surface area contributed by atoms with Gasteiger partial charge in [-0.3, -0.25) is 4.79 Å². The second-order valence-electron chi connectivity index (χ2n) is 8.21. The largest absolute Gasteiger partial charge is 1.00 e. The average molecular weight is 442 g/mol. The molecule has 0 fully saturated rings. The maximum absolute atomic E-state index is 10.4. The van der Waals surface area contributed by atoms with Gasteiger partial charge < -0.3 is 26.8 Å². The lowest BCUT2D eigenvalue weighted by Gasteiger charge is -2.31. The number of carbonyl (C=O) groups is 1. The monoisotopic (exact) mass is 441 g/mol. The Labute approximate surface area is 188 Å². The topological polar surface area (TPSA) is 54.1 Å². The standard InChI is InChI=1S/C24H28N3O3.ClH/c1-2-26-8-3-6-17-12-19-23(14-21(17)26)30-24-15-22-18(13-20(24)25-19)7-4-9-27(22)10-5-11-29-16-28;/h12-16H,2-11H2,1H3;1H/q+1;/p-1. The fourth-order valence-electron chi connectivity index (χ4n) is 4.89. The molecule has 0 spiro atoms. The van der Waals surface area contributed by atoms with Crippen LogP contribution < -0.4 is 37.3 Å². The lowest BCUT2D eigenvalue weighted by molar-refractivity contribution is -0.128. The molecule has 0 N–H and O–H groups in total. The summed E-state index contributed by atoms with van der Waals surface area (Å²) >= 11 is 0. The normalized spacial score (nSPS) is 15.9. The van der Waals surface area contributed by atoms with E-state index in [9.17, 15) is 4.79 Å². The number of halogens is 1. The van der Waals surface area contributed by atoms with Crippen molar-refractivity contribution in [3.05, 3.63) is 46.1 Å². The van der Waals surface area contributed by atoms with Crippen molar-refractivity contribution in [2.75, 3.05) is 37.7 Å². The first-order valence-corrected chi connectivity index (χ1v) is 11.1. The second-order valence-corrected chi connectivity index (χ2v) is 8.21. The molecule has 3 heterocycles. The molecule has 0 bridgehead atoms. The first kappa shape index (κ1) is 21.6. The average Bonchev–Trinajstić information content (AvgIpc) is 2.77. The molecule has 31 heavy (non-hydrogen) atoms. The Morgan fingerprint density at radius 1 is 1.16 bits per heavy atom. The molecule has 0 amide bonds. The van der Waals surface area contributed by atoms with Gasteiger partial charge in [0.25, 0.3) is 6.47 Å². The fraction of sp³-hybridized carbons (Fsp3) is 0.458. The summed E-state index contributed by atoms with van der Waals surface area (Å²) in [6.45, 7) is 7.17. The van der Waals surface area contributed by atoms with Crippen LogP contribution >= 0.6 is 0 Å². The molecule has 0 saturated heterocycles. The third kappa shape index (κ3) is 4.13. The molecule has 0 radical (unpaired) electrons. The summed E-state index contributed by atoms with van der Waals surface area (Å²) in [7, 11) is 0. The number of ether oxygens (including phenoxy) is 2. The minimum Gasteiger partial charge on any atom is -1.00 e. The minimum atomic E-state index is 0. The van der Waals surface area contributed by atoms with Crippen molar-refractivity contribution >= 4 is 17.8 Å². The number of rotatable bonds is 6. The number of hydrogen-bond donors (Lipinski definition) is 0. The van der Waals surface area contributed by atoms with Crippen LogP contribution in [0.3, 0.4) is 0 Å². The molecule has 0 atom stereocenters. The number of aryl methyl sites for hydroxylation is 2. The number of carbonyl (C=O) groups excluding carboxylic acids is 1. The Kier molecular flexibility index (Phi) is 6.46. The van der Waals surface area contributed by atoms with Gasteiger partial charge in [-0.1, -0.05) is 0 Å². The van der Waals surface area contributed by atoms with E-state index in [0.29, 0.717) is 13.1 Å². The van der Waals surface area contributed by atoms with E-state index in [2.05, 4.69) is 40.7 Å². The van der Waals surface area contributed by atoms with Gasteiger partial charge in [-0.05, 0) is 43.9 Å². The first-order chi connectivity index (χ1) is 14.8. The molecule has 2 aromatic carbocycles. The summed E-state index contributed by atoms with van der Waals surface area (Å²) in [5.41, 5.74) is 4.93. The van der Waals surface area contributed by atoms with E-state index in [4.69, 9.17) is 14.5 Å². The summed E-state index contributed by atoms with van der Waals surface area (Å²) in [6, 6.07) is 8.73. The quantitative estimate of drug-likeness (QED) is 0.294. The van der Waals surface area contributed by atoms with Crippen molar-refractivity contribution in [3.8, 4) is 11.5 Å². The molecule has 0 unspecified atom stereocenters. The van der Waals surface area contributed by atoms with Crippen molar-refractivity contribution in [3.63, 3.8) is 0 Å². The zero-order valence-electron chi connectivity index (χ0n) is 17.9. The predicted octanol–water partition coefficient (Wildman–Crippen LogP) is -0.479. The highest BCUT2D eigenvalue weighted by molar-refractivity contribution is 5.69. The molecule has 3 aliphatic heterocycles. The van der Waals surface area contributed by atoms with Crippen LogP contribution in [0.4, 0.5) is 11.4 Å². The molecule has 6 nitrogen and oxygen atoms in total. The Balaban J connectivity index is 0.00000231. The summed E-state index contributed by atoms with van der Waals surface area (Å²) in [5.74, 6) is 1.68. The summed E-state index contributed by atoms with van der Waals surface area (Å²) in [6.07, 6.45) is 5.30. The highest BCUT2D eigenvalue weighted by Crippen LogP contribution is 2.41. The van der Waals surface area contributed by atoms with Crippen LogP contribution in [0.25, 0.3) is 0 Å². The van der Waals surface area contributed by atoms with Crippen LogP contribution in [-0.2, 0) is 22.4 Å². The van der Waals surface area contributed by atoms with Gasteiger partial charge in [0.2, 0.25) is 5.36 Å². The van der Waals surface area contributed by atoms with Crippen LogP contribution in [0.1, 0.15) is 37.3 Å². The molecule has 5 rings (SSSR count). The van der Waals surface area contributed by atoms with Gasteiger partial charge in [-0.2, -0.15) is 0 Å². The van der Waals surface area contributed by atoms with Gasteiger partial charge in [0.15, 0.2) is 11.5 Å². The Morgan fingerprint density at radius 2 is 2.03 bits per heavy atom. The van der Waals surface area contributed by atoms with Crippen LogP contribution in [0.2, 0.25) is 0 Å². The van der Waals surface area contributed by atoms with E-state index >= 15 is 0 Å². The van der Waals surface area contributed by atoms with Gasteiger partial charge >= 0.3 is 0 Å². The molecule has 0 saturated carbocycles. The third-order valence-corrected chi connectivity index (χ3v) is 6.35. The Bertz CT molecular complexity index is 1120. The van der Waals surface area contributed by atoms with Gasteiger partial charge in [0, 0.05) is 43.2 Å². The van der Waals surface area contributed by atoms with Crippen molar-refractivity contribution in [1.29, 1.82) is 0 Å². The minimum absolute atomic E-state index is 0. The van der Waals surface area contributed by atoms with Crippen LogP contribution in [-0.4, -0.2) is 39.3 Å². The Hall–Kier alpha value is -2.60. The molecular formula is C24H28ClN3O3. The number of anilines is 1. The summed E-state index contributed by atoms with van der Waals surface area (Å²) < 4.78 is 13.6. The summed E-state index contributed by atoms with van der Waals surface area (Å²) in [4.78, 5) is 17.8. The van der Waals surface area contributed by atoms with Crippen molar-refractivity contribution in [1.82, 2.24) is 4.58 Å². The van der Waals surface area contributed by atoms with E-state index in [1.54, 1.807) is 0 Å². The van der Waals surface area contributed by atoms with Gasteiger partial charge in [-0.25, -0.2) is 9.57 Å². The molecule has 164 valence electrons. The van der Waals surface area contributed by atoms with E-state index in [1.165, 1.54) is 28.6 Å². The van der Waals surface area contributed by atoms with Crippen LogP contribution in [0.5, 0.6) is 11.5 Å². The maximum Gasteiger partial charge on any atom is 0.293 e. The second kappa shape index (κ2) is 9.27. The predicted molar refractivity (Wildman–Crippen MR) is 116 cm³/mol. The molecule has 2 aromatic rings. The lowest BCUT2D eigenvalue weighted by atomic mass is 10.00. The SMILES string of the molecule is CCN1CCCc2cc3c(cc21)Oc1cc2c(cc1=N3)CCC[N+]=2CCCOC=O.[Cl-]. The number of fused-ring (bicyclic) bond motifs is 4. The third-order valence-electron chi connectivity index (χ3n) is 6.35. The molecule has 7 heteroatoms. The van der Waals surface area contributed by atoms with Crippen molar-refractivity contribution in [2.24, 2.45) is 4.99 Å². The Morgan fingerprint density at radius 3 is 2.87 bits per heavy atom. The molecule has 3 aliphatic rings. The number of hydrogen-bond acceptors (Lipinski definition) is 5. The van der Waals surface area contributed by atoms with E-state index < -0.39 is 0 Å². The van der Waals surface area contributed by atoms with Crippen LogP contribution in [0, 0.1) is 0 Å². The van der Waals surface area contributed by atoms with Crippen molar-refractivity contribution < 1.29 is 26.7 Å². The zero-order valence-corrected chi connectivity index (χ0v) is 18.7. The molecule has 0 aliphatic carbocycles. The first-order valence-electron chi connectivity index (χ1n) is 11.1. The van der Waals surface area contributed by atoms with Gasteiger partial charge in [0.05, 0.1) is 12.7 Å². The zero-order chi connectivity index (χ0) is 20.5. The van der Waals surface area contributed by atoms with E-state index in [-0.39, 0.29) is 12.4 Å². The summed E-state index contributed by atoms with van der Waals surface area (Å²) in [5, 5.41) is 2.15. The van der Waals surface area contributed by atoms with Gasteiger partial charge in [0.1, 0.15) is 24.1 Å². The highest BCUT2D eigenvalue weighted by Gasteiger charge is 2.24. The fourth-order valence-corrected chi connectivity index (χ4v) is 4.89. The lowest BCUT2D eigenvalue weighted by Crippen LogP contribution is -3.00. The molecule has 0 aromatic heterocycles. The van der Waals surface area contributed by atoms with E-state index in [0.717, 1.165) is 74.4 Å². The van der Waals surface area contributed by atoms with Crippen molar-refractivity contribution in [2.45, 2.75) is 39.0 Å². The maximum atomic E-state index is 10.4. The van der Waals surface area contributed by atoms with Crippen LogP contribution in [0.15, 0.2) is 29.3 Å². The van der Waals surface area contributed by atoms with E-state index in [1.807, 2.05) is 0 Å². The smallest absolute Gasteiger partial charge is 0.293 e. The molecular weight excluding hydrogens is 414 g/mol. The van der Waals surface area contributed by atoms with Gasteiger partial charge in [-0.15, -0.1) is 0 Å². The highest BCUT2D eigenvalue weighted by atomic mass is 35.5. The number of nitrogens with zero attached hydrogens (tertiary/aromatic N) is 3.